The van der Waals surface area contributed by atoms with Crippen LogP contribution < -0.4 is 11.0 Å². The van der Waals surface area contributed by atoms with Crippen molar-refractivity contribution < 1.29 is 9.53 Å². The Morgan fingerprint density at radius 1 is 0.938 bits per heavy atom. The molecule has 0 saturated carbocycles. The molecule has 1 N–H and O–H groups in total. The van der Waals surface area contributed by atoms with Gasteiger partial charge in [-0.3, -0.25) is 10.2 Å². The Hall–Kier alpha value is -3.93. The first-order chi connectivity index (χ1) is 15.5. The van der Waals surface area contributed by atoms with Crippen LogP contribution in [0.4, 0.5) is 0 Å². The number of methoxy groups -OCH3 is 1. The van der Waals surface area contributed by atoms with Gasteiger partial charge in [0.1, 0.15) is 11.1 Å². The van der Waals surface area contributed by atoms with Gasteiger partial charge in [0.15, 0.2) is 0 Å². The number of hydrogen-bond acceptors (Lipinski definition) is 4. The Labute approximate surface area is 185 Å². The van der Waals surface area contributed by atoms with E-state index in [9.17, 15) is 9.59 Å². The molecule has 2 heterocycles. The van der Waals surface area contributed by atoms with E-state index in [1.807, 2.05) is 73.7 Å². The fourth-order valence-corrected chi connectivity index (χ4v) is 3.97. The number of carbonyl (C=O) groups excluding carboxylic acids is 1. The summed E-state index contributed by atoms with van der Waals surface area (Å²) in [6.07, 6.45) is 0.720. The predicted molar refractivity (Wildman–Crippen MR) is 124 cm³/mol. The number of aryl methyl sites for hydroxylation is 2. The fraction of sp³-hybridized carbons (Fsp3) is 0.192. The Morgan fingerprint density at radius 3 is 2.19 bits per heavy atom. The second kappa shape index (κ2) is 9.06. The van der Waals surface area contributed by atoms with Crippen LogP contribution in [0.3, 0.4) is 0 Å². The SMILES string of the molecule is COC(=O)c1cc2c(=O)n(CCc3ccccc3)c(C)cc2n(Cc2ccccc2)c1=N. The van der Waals surface area contributed by atoms with Crippen LogP contribution in [0.15, 0.2) is 77.6 Å². The summed E-state index contributed by atoms with van der Waals surface area (Å²) in [5.74, 6) is -0.630. The highest BCUT2D eigenvalue weighted by Crippen LogP contribution is 2.15. The molecule has 0 atom stereocenters. The Balaban J connectivity index is 1.88. The van der Waals surface area contributed by atoms with Crippen molar-refractivity contribution in [2.24, 2.45) is 0 Å². The van der Waals surface area contributed by atoms with E-state index in [4.69, 9.17) is 10.1 Å². The number of carbonyl (C=O) groups is 1. The molecule has 4 rings (SSSR count). The molecule has 162 valence electrons. The minimum Gasteiger partial charge on any atom is -0.465 e. The minimum absolute atomic E-state index is 0.0223. The van der Waals surface area contributed by atoms with Crippen molar-refractivity contribution in [1.82, 2.24) is 9.13 Å². The molecule has 0 amide bonds. The summed E-state index contributed by atoms with van der Waals surface area (Å²) in [5.41, 5.74) is 3.48. The summed E-state index contributed by atoms with van der Waals surface area (Å²) < 4.78 is 8.32. The number of ether oxygens (including phenoxy) is 1. The van der Waals surface area contributed by atoms with Gasteiger partial charge in [-0.15, -0.1) is 0 Å². The lowest BCUT2D eigenvalue weighted by atomic mass is 10.1. The molecule has 0 aliphatic heterocycles. The molecule has 6 heteroatoms. The summed E-state index contributed by atoms with van der Waals surface area (Å²) in [5, 5.41) is 9.05. The molecule has 0 spiro atoms. The first kappa shape index (κ1) is 21.3. The van der Waals surface area contributed by atoms with Crippen LogP contribution in [-0.2, 0) is 24.2 Å². The van der Waals surface area contributed by atoms with Crippen molar-refractivity contribution in [2.75, 3.05) is 7.11 Å². The third kappa shape index (κ3) is 4.12. The lowest BCUT2D eigenvalue weighted by Crippen LogP contribution is -2.32. The molecule has 6 nitrogen and oxygen atoms in total. The molecule has 0 radical (unpaired) electrons. The summed E-state index contributed by atoms with van der Waals surface area (Å²) in [4.78, 5) is 25.9. The van der Waals surface area contributed by atoms with E-state index < -0.39 is 5.97 Å². The van der Waals surface area contributed by atoms with Gasteiger partial charge in [0.2, 0.25) is 0 Å². The van der Waals surface area contributed by atoms with E-state index in [-0.39, 0.29) is 16.6 Å². The van der Waals surface area contributed by atoms with E-state index >= 15 is 0 Å². The Kier molecular flexibility index (Phi) is 6.03. The molecule has 32 heavy (non-hydrogen) atoms. The zero-order valence-corrected chi connectivity index (χ0v) is 18.2. The first-order valence-electron chi connectivity index (χ1n) is 10.5. The molecule has 2 aromatic carbocycles. The standard InChI is InChI=1S/C26H25N3O3/c1-18-15-23-21(25(30)28(18)14-13-19-9-5-3-6-10-19)16-22(26(31)32-2)24(27)29(23)17-20-11-7-4-8-12-20/h3-12,15-16,27H,13-14,17H2,1-2H3. The quantitative estimate of drug-likeness (QED) is 0.477. The normalized spacial score (nSPS) is 10.9. The van der Waals surface area contributed by atoms with Crippen LogP contribution in [0, 0.1) is 12.3 Å². The average molecular weight is 428 g/mol. The van der Waals surface area contributed by atoms with Crippen LogP contribution >= 0.6 is 0 Å². The molecule has 2 aromatic heterocycles. The summed E-state index contributed by atoms with van der Waals surface area (Å²) >= 11 is 0. The monoisotopic (exact) mass is 427 g/mol. The molecule has 0 bridgehead atoms. The van der Waals surface area contributed by atoms with Crippen molar-refractivity contribution in [3.8, 4) is 0 Å². The number of rotatable bonds is 6. The third-order valence-corrected chi connectivity index (χ3v) is 5.68. The van der Waals surface area contributed by atoms with Crippen LogP contribution in [0.1, 0.15) is 27.2 Å². The smallest absolute Gasteiger partial charge is 0.341 e. The molecular weight excluding hydrogens is 402 g/mol. The van der Waals surface area contributed by atoms with Gasteiger partial charge >= 0.3 is 5.97 Å². The van der Waals surface area contributed by atoms with Gasteiger partial charge in [0.05, 0.1) is 18.0 Å². The second-order valence-electron chi connectivity index (χ2n) is 7.75. The average Bonchev–Trinajstić information content (AvgIpc) is 2.81. The lowest BCUT2D eigenvalue weighted by Gasteiger charge is -2.17. The van der Waals surface area contributed by atoms with E-state index in [0.29, 0.717) is 24.0 Å². The van der Waals surface area contributed by atoms with Crippen molar-refractivity contribution in [3.05, 3.63) is 111 Å². The maximum Gasteiger partial charge on any atom is 0.341 e. The number of nitrogens with one attached hydrogen (secondary N) is 1. The largest absolute Gasteiger partial charge is 0.465 e. The first-order valence-corrected chi connectivity index (χ1v) is 10.5. The van der Waals surface area contributed by atoms with Crippen LogP contribution in [0.2, 0.25) is 0 Å². The highest BCUT2D eigenvalue weighted by Gasteiger charge is 2.18. The Morgan fingerprint density at radius 2 is 1.56 bits per heavy atom. The highest BCUT2D eigenvalue weighted by atomic mass is 16.5. The third-order valence-electron chi connectivity index (χ3n) is 5.68. The fourth-order valence-electron chi connectivity index (χ4n) is 3.97. The Bertz CT molecular complexity index is 1390. The number of pyridine rings is 2. The van der Waals surface area contributed by atoms with Crippen molar-refractivity contribution in [1.29, 1.82) is 5.41 Å². The molecule has 0 unspecified atom stereocenters. The topological polar surface area (TPSA) is 77.1 Å². The maximum atomic E-state index is 13.5. The zero-order chi connectivity index (χ0) is 22.7. The van der Waals surface area contributed by atoms with Crippen molar-refractivity contribution in [3.63, 3.8) is 0 Å². The van der Waals surface area contributed by atoms with Gasteiger partial charge in [-0.1, -0.05) is 60.7 Å². The number of nitrogens with zero attached hydrogens (tertiary/aromatic N) is 2. The van der Waals surface area contributed by atoms with Crippen LogP contribution in [0.5, 0.6) is 0 Å². The summed E-state index contributed by atoms with van der Waals surface area (Å²) in [6, 6.07) is 23.1. The van der Waals surface area contributed by atoms with E-state index in [1.54, 1.807) is 9.13 Å². The van der Waals surface area contributed by atoms with Gasteiger partial charge in [-0.25, -0.2) is 4.79 Å². The zero-order valence-electron chi connectivity index (χ0n) is 18.2. The molecule has 4 aromatic rings. The van der Waals surface area contributed by atoms with Crippen molar-refractivity contribution in [2.45, 2.75) is 26.4 Å². The van der Waals surface area contributed by atoms with Gasteiger partial charge in [-0.05, 0) is 36.6 Å². The molecule has 0 aliphatic rings. The maximum absolute atomic E-state index is 13.5. The number of fused-ring (bicyclic) bond motifs is 1. The second-order valence-corrected chi connectivity index (χ2v) is 7.75. The highest BCUT2D eigenvalue weighted by molar-refractivity contribution is 5.93. The summed E-state index contributed by atoms with van der Waals surface area (Å²) in [6.45, 7) is 2.80. The van der Waals surface area contributed by atoms with Gasteiger partial charge in [0, 0.05) is 18.8 Å². The molecule has 0 saturated heterocycles. The number of benzene rings is 2. The number of esters is 1. The molecule has 0 fully saturated rings. The van der Waals surface area contributed by atoms with Gasteiger partial charge in [-0.2, -0.15) is 0 Å². The molecular formula is C26H25N3O3. The number of aromatic nitrogens is 2. The van der Waals surface area contributed by atoms with E-state index in [0.717, 1.165) is 23.2 Å². The van der Waals surface area contributed by atoms with Crippen LogP contribution in [0.25, 0.3) is 10.9 Å². The minimum atomic E-state index is -0.630. The lowest BCUT2D eigenvalue weighted by molar-refractivity contribution is 0.0597. The van der Waals surface area contributed by atoms with E-state index in [1.165, 1.54) is 13.2 Å². The van der Waals surface area contributed by atoms with E-state index in [2.05, 4.69) is 0 Å². The van der Waals surface area contributed by atoms with Gasteiger partial charge in [0.25, 0.3) is 5.56 Å². The van der Waals surface area contributed by atoms with Crippen LogP contribution in [-0.4, -0.2) is 22.2 Å². The van der Waals surface area contributed by atoms with Crippen molar-refractivity contribution >= 4 is 16.9 Å². The number of hydrogen-bond donors (Lipinski definition) is 1. The predicted octanol–water partition coefficient (Wildman–Crippen LogP) is 3.67. The van der Waals surface area contributed by atoms with Gasteiger partial charge < -0.3 is 13.9 Å². The molecule has 0 aliphatic carbocycles. The summed E-state index contributed by atoms with van der Waals surface area (Å²) in [7, 11) is 1.28.